The Morgan fingerprint density at radius 2 is 2.06 bits per heavy atom. The molecule has 2 rings (SSSR count). The van der Waals surface area contributed by atoms with Gasteiger partial charge in [0.05, 0.1) is 24.1 Å². The molecule has 0 spiro atoms. The highest BCUT2D eigenvalue weighted by molar-refractivity contribution is 5.10. The Balaban J connectivity index is 1.89. The van der Waals surface area contributed by atoms with E-state index in [4.69, 9.17) is 10.5 Å². The lowest BCUT2D eigenvalue weighted by molar-refractivity contribution is -0.0235. The number of nitrogens with two attached hydrogens (primary N) is 1. The molecule has 2 unspecified atom stereocenters. The van der Waals surface area contributed by atoms with Crippen molar-refractivity contribution in [3.63, 3.8) is 0 Å². The molecule has 3 heteroatoms. The zero-order valence-electron chi connectivity index (χ0n) is 11.3. The third-order valence-electron chi connectivity index (χ3n) is 3.88. The van der Waals surface area contributed by atoms with Crippen molar-refractivity contribution in [2.75, 3.05) is 0 Å². The first-order valence-electron chi connectivity index (χ1n) is 7.10. The normalized spacial score (nSPS) is 24.1. The van der Waals surface area contributed by atoms with Crippen LogP contribution in [-0.4, -0.2) is 11.1 Å². The number of ether oxygens (including phenoxy) is 1. The molecule has 100 valence electrons. The molecule has 1 saturated carbocycles. The van der Waals surface area contributed by atoms with Crippen molar-refractivity contribution in [2.45, 2.75) is 58.3 Å². The summed E-state index contributed by atoms with van der Waals surface area (Å²) in [6, 6.07) is 5.98. The Hall–Kier alpha value is -0.930. The van der Waals surface area contributed by atoms with Gasteiger partial charge in [-0.1, -0.05) is 32.3 Å². The van der Waals surface area contributed by atoms with Crippen LogP contribution in [0.2, 0.25) is 0 Å². The van der Waals surface area contributed by atoms with Gasteiger partial charge in [-0.25, -0.2) is 0 Å². The number of hydrogen-bond acceptors (Lipinski definition) is 3. The van der Waals surface area contributed by atoms with E-state index in [0.717, 1.165) is 17.3 Å². The maximum atomic E-state index is 6.07. The Morgan fingerprint density at radius 1 is 1.28 bits per heavy atom. The quantitative estimate of drug-likeness (QED) is 0.871. The highest BCUT2D eigenvalue weighted by atomic mass is 16.5. The maximum Gasteiger partial charge on any atom is 0.0891 e. The molecular weight excluding hydrogens is 224 g/mol. The molecule has 1 aliphatic carbocycles. The minimum atomic E-state index is 0.423. The van der Waals surface area contributed by atoms with Gasteiger partial charge in [-0.05, 0) is 30.9 Å². The van der Waals surface area contributed by atoms with Crippen molar-refractivity contribution < 1.29 is 4.74 Å². The van der Waals surface area contributed by atoms with Crippen LogP contribution < -0.4 is 5.73 Å². The second-order valence-corrected chi connectivity index (χ2v) is 5.13. The second kappa shape index (κ2) is 6.86. The van der Waals surface area contributed by atoms with Crippen LogP contribution in [0, 0.1) is 5.92 Å². The van der Waals surface area contributed by atoms with Gasteiger partial charge in [-0.3, -0.25) is 4.98 Å². The summed E-state index contributed by atoms with van der Waals surface area (Å²) < 4.78 is 6.07. The van der Waals surface area contributed by atoms with Crippen molar-refractivity contribution >= 4 is 0 Å². The summed E-state index contributed by atoms with van der Waals surface area (Å²) in [5.41, 5.74) is 7.53. The summed E-state index contributed by atoms with van der Waals surface area (Å²) in [5, 5.41) is 0. The van der Waals surface area contributed by atoms with E-state index in [0.29, 0.717) is 19.3 Å². The first-order valence-corrected chi connectivity index (χ1v) is 7.10. The average Bonchev–Trinajstić information content (AvgIpc) is 2.45. The topological polar surface area (TPSA) is 48.1 Å². The number of hydrogen-bond donors (Lipinski definition) is 1. The molecular formula is C15H24N2O. The lowest BCUT2D eigenvalue weighted by Gasteiger charge is -2.30. The van der Waals surface area contributed by atoms with Gasteiger partial charge >= 0.3 is 0 Å². The zero-order chi connectivity index (χ0) is 12.8. The highest BCUT2D eigenvalue weighted by Gasteiger charge is 2.24. The largest absolute Gasteiger partial charge is 0.372 e. The molecule has 2 atom stereocenters. The molecule has 0 aliphatic heterocycles. The molecule has 0 bridgehead atoms. The van der Waals surface area contributed by atoms with Crippen LogP contribution in [0.4, 0.5) is 0 Å². The zero-order valence-corrected chi connectivity index (χ0v) is 11.3. The van der Waals surface area contributed by atoms with E-state index in [1.807, 2.05) is 18.2 Å². The smallest absolute Gasteiger partial charge is 0.0891 e. The molecule has 3 nitrogen and oxygen atoms in total. The van der Waals surface area contributed by atoms with Crippen LogP contribution in [0.1, 0.15) is 50.4 Å². The fraction of sp³-hybridized carbons (Fsp3) is 0.667. The van der Waals surface area contributed by atoms with Crippen molar-refractivity contribution in [3.05, 3.63) is 29.6 Å². The van der Waals surface area contributed by atoms with Gasteiger partial charge in [0.15, 0.2) is 0 Å². The summed E-state index contributed by atoms with van der Waals surface area (Å²) >= 11 is 0. The van der Waals surface area contributed by atoms with E-state index >= 15 is 0 Å². The summed E-state index contributed by atoms with van der Waals surface area (Å²) in [6.07, 6.45) is 6.83. The van der Waals surface area contributed by atoms with Crippen molar-refractivity contribution in [1.29, 1.82) is 0 Å². The molecule has 0 radical (unpaired) electrons. The molecule has 18 heavy (non-hydrogen) atoms. The van der Waals surface area contributed by atoms with Crippen LogP contribution in [0.5, 0.6) is 0 Å². The predicted molar refractivity (Wildman–Crippen MR) is 73.0 cm³/mol. The van der Waals surface area contributed by atoms with Crippen molar-refractivity contribution in [1.82, 2.24) is 4.98 Å². The lowest BCUT2D eigenvalue weighted by atomic mass is 9.85. The minimum Gasteiger partial charge on any atom is -0.372 e. The fourth-order valence-electron chi connectivity index (χ4n) is 2.78. The van der Waals surface area contributed by atoms with Crippen LogP contribution >= 0.6 is 0 Å². The number of pyridine rings is 1. The monoisotopic (exact) mass is 248 g/mol. The Kier molecular flexibility index (Phi) is 5.14. The fourth-order valence-corrected chi connectivity index (χ4v) is 2.78. The van der Waals surface area contributed by atoms with Gasteiger partial charge in [0.25, 0.3) is 0 Å². The Labute approximate surface area is 110 Å². The Morgan fingerprint density at radius 3 is 2.83 bits per heavy atom. The van der Waals surface area contributed by atoms with Gasteiger partial charge in [0.2, 0.25) is 0 Å². The standard InChI is InChI=1S/C15H24N2O/c1-2-12-6-3-4-9-15(12)18-11-14-8-5-7-13(10-16)17-14/h5,7-8,12,15H,2-4,6,9-11,16H2,1H3. The first kappa shape index (κ1) is 13.5. The minimum absolute atomic E-state index is 0.423. The van der Waals surface area contributed by atoms with Crippen molar-refractivity contribution in [3.8, 4) is 0 Å². The molecule has 0 amide bonds. The molecule has 0 aromatic carbocycles. The average molecular weight is 248 g/mol. The van der Waals surface area contributed by atoms with Crippen LogP contribution in [0.25, 0.3) is 0 Å². The maximum absolute atomic E-state index is 6.07. The van der Waals surface area contributed by atoms with Crippen LogP contribution in [-0.2, 0) is 17.9 Å². The van der Waals surface area contributed by atoms with E-state index < -0.39 is 0 Å². The van der Waals surface area contributed by atoms with E-state index in [1.54, 1.807) is 0 Å². The third kappa shape index (κ3) is 3.53. The van der Waals surface area contributed by atoms with Gasteiger partial charge in [-0.15, -0.1) is 0 Å². The second-order valence-electron chi connectivity index (χ2n) is 5.13. The SMILES string of the molecule is CCC1CCCCC1OCc1cccc(CN)n1. The highest BCUT2D eigenvalue weighted by Crippen LogP contribution is 2.29. The summed E-state index contributed by atoms with van der Waals surface area (Å²) in [5.74, 6) is 0.733. The number of rotatable bonds is 5. The molecule has 1 aromatic heterocycles. The summed E-state index contributed by atoms with van der Waals surface area (Å²) in [4.78, 5) is 4.48. The van der Waals surface area contributed by atoms with Crippen LogP contribution in [0.3, 0.4) is 0 Å². The number of aromatic nitrogens is 1. The lowest BCUT2D eigenvalue weighted by Crippen LogP contribution is -2.27. The van der Waals surface area contributed by atoms with Crippen molar-refractivity contribution in [2.24, 2.45) is 11.7 Å². The predicted octanol–water partition coefficient (Wildman–Crippen LogP) is 3.03. The number of nitrogens with zero attached hydrogens (tertiary/aromatic N) is 1. The van der Waals surface area contributed by atoms with Gasteiger partial charge in [0, 0.05) is 6.54 Å². The molecule has 1 aliphatic rings. The van der Waals surface area contributed by atoms with Gasteiger partial charge < -0.3 is 10.5 Å². The third-order valence-corrected chi connectivity index (χ3v) is 3.88. The first-order chi connectivity index (χ1) is 8.83. The van der Waals surface area contributed by atoms with E-state index in [-0.39, 0.29) is 0 Å². The molecule has 1 fully saturated rings. The van der Waals surface area contributed by atoms with Gasteiger partial charge in [0.1, 0.15) is 0 Å². The molecule has 2 N–H and O–H groups in total. The Bertz CT molecular complexity index is 367. The molecule has 0 saturated heterocycles. The van der Waals surface area contributed by atoms with E-state index in [2.05, 4.69) is 11.9 Å². The van der Waals surface area contributed by atoms with Crippen LogP contribution in [0.15, 0.2) is 18.2 Å². The molecule has 1 heterocycles. The summed E-state index contributed by atoms with van der Waals surface area (Å²) in [7, 11) is 0. The van der Waals surface area contributed by atoms with E-state index in [9.17, 15) is 0 Å². The molecule has 1 aromatic rings. The van der Waals surface area contributed by atoms with Gasteiger partial charge in [-0.2, -0.15) is 0 Å². The summed E-state index contributed by atoms with van der Waals surface area (Å²) in [6.45, 7) is 3.38. The van der Waals surface area contributed by atoms with E-state index in [1.165, 1.54) is 32.1 Å².